The largest absolute Gasteiger partial charge is 0.547 e. The molecule has 8 N–H and O–H groups in total. The highest BCUT2D eigenvalue weighted by molar-refractivity contribution is 6.47. The Labute approximate surface area is 324 Å². The molecule has 3 aromatic rings. The van der Waals surface area contributed by atoms with Crippen LogP contribution in [0.2, 0.25) is 5.02 Å². The van der Waals surface area contributed by atoms with E-state index in [1.54, 1.807) is 0 Å². The number of anilines is 1. The molecule has 6 rings (SSSR count). The van der Waals surface area contributed by atoms with Crippen LogP contribution in [0.4, 0.5) is 28.4 Å². The van der Waals surface area contributed by atoms with Gasteiger partial charge < -0.3 is 55.9 Å². The molecular formula is C34H31BClF3N6O12. The van der Waals surface area contributed by atoms with Crippen molar-refractivity contribution in [3.8, 4) is 23.0 Å². The number of urea groups is 2. The molecule has 2 fully saturated rings. The monoisotopic (exact) mass is 818 g/mol. The summed E-state index contributed by atoms with van der Waals surface area (Å²) in [5.41, 5.74) is -1.71. The Morgan fingerprint density at radius 3 is 2.30 bits per heavy atom. The molecule has 57 heavy (non-hydrogen) atoms. The number of carbonyl (C=O) groups is 6. The van der Waals surface area contributed by atoms with Gasteiger partial charge in [0.1, 0.15) is 23.2 Å². The smallest absolute Gasteiger partial charge is 0.534 e. The lowest BCUT2D eigenvalue weighted by Gasteiger charge is -2.41. The molecule has 0 spiro atoms. The summed E-state index contributed by atoms with van der Waals surface area (Å²) in [6.45, 7) is -0.396. The van der Waals surface area contributed by atoms with Gasteiger partial charge in [0, 0.05) is 37.8 Å². The summed E-state index contributed by atoms with van der Waals surface area (Å²) in [4.78, 5) is 81.3. The number of amides is 7. The lowest BCUT2D eigenvalue weighted by molar-refractivity contribution is -0.156. The van der Waals surface area contributed by atoms with Crippen molar-refractivity contribution in [2.75, 3.05) is 31.5 Å². The zero-order valence-corrected chi connectivity index (χ0v) is 29.9. The predicted molar refractivity (Wildman–Crippen MR) is 189 cm³/mol. The minimum Gasteiger partial charge on any atom is -0.534 e. The van der Waals surface area contributed by atoms with E-state index in [1.807, 2.05) is 0 Å². The Balaban J connectivity index is 1.14. The third-order valence-corrected chi connectivity index (χ3v) is 10.1. The number of aromatic carboxylic acids is 1. The van der Waals surface area contributed by atoms with Crippen LogP contribution >= 0.6 is 11.6 Å². The maximum absolute atomic E-state index is 14.7. The number of benzene rings is 3. The van der Waals surface area contributed by atoms with Crippen LogP contribution in [0.3, 0.4) is 0 Å². The average molecular weight is 819 g/mol. The molecule has 3 aliphatic heterocycles. The number of halogens is 4. The molecule has 23 heteroatoms. The highest BCUT2D eigenvalue weighted by Gasteiger charge is 2.44. The van der Waals surface area contributed by atoms with E-state index in [0.717, 1.165) is 18.2 Å². The van der Waals surface area contributed by atoms with Crippen LogP contribution in [0.5, 0.6) is 23.0 Å². The minimum atomic E-state index is -2.09. The molecule has 3 aliphatic rings. The Kier molecular flexibility index (Phi) is 11.3. The van der Waals surface area contributed by atoms with Crippen molar-refractivity contribution in [2.45, 2.75) is 37.3 Å². The van der Waals surface area contributed by atoms with Crippen LogP contribution < -0.4 is 20.6 Å². The Hall–Kier alpha value is -6.42. The van der Waals surface area contributed by atoms with E-state index in [2.05, 4.69) is 16.0 Å². The molecule has 0 bridgehead atoms. The van der Waals surface area contributed by atoms with Gasteiger partial charge in [0.05, 0.1) is 16.7 Å². The maximum atomic E-state index is 14.7. The molecule has 2 saturated heterocycles. The molecule has 0 saturated carbocycles. The number of carboxylic acid groups (broad SMARTS) is 1. The van der Waals surface area contributed by atoms with E-state index in [-0.39, 0.29) is 50.1 Å². The number of imide groups is 1. The van der Waals surface area contributed by atoms with Crippen LogP contribution in [0.15, 0.2) is 36.4 Å². The number of hydrogen-bond acceptors (Lipinski definition) is 11. The van der Waals surface area contributed by atoms with Gasteiger partial charge in [-0.1, -0.05) is 23.7 Å². The Bertz CT molecular complexity index is 2200. The second-order valence-corrected chi connectivity index (χ2v) is 13.5. The van der Waals surface area contributed by atoms with Gasteiger partial charge in [-0.3, -0.25) is 19.3 Å². The van der Waals surface area contributed by atoms with Gasteiger partial charge in [0.15, 0.2) is 28.9 Å². The van der Waals surface area contributed by atoms with E-state index < -0.39 is 124 Å². The van der Waals surface area contributed by atoms with Crippen molar-refractivity contribution >= 4 is 60.2 Å². The van der Waals surface area contributed by atoms with Gasteiger partial charge in [0.25, 0.3) is 0 Å². The lowest BCUT2D eigenvalue weighted by atomic mass is 9.72. The summed E-state index contributed by atoms with van der Waals surface area (Å²) in [7, 11) is -1.99. The van der Waals surface area contributed by atoms with Crippen molar-refractivity contribution in [1.29, 1.82) is 0 Å². The maximum Gasteiger partial charge on any atom is 0.547 e. The van der Waals surface area contributed by atoms with E-state index >= 15 is 0 Å². The second-order valence-electron chi connectivity index (χ2n) is 13.1. The summed E-state index contributed by atoms with van der Waals surface area (Å²) in [6, 6.07) is 1.53. The molecule has 2 atom stereocenters. The van der Waals surface area contributed by atoms with Crippen LogP contribution in [0.25, 0.3) is 0 Å². The molecule has 3 aromatic carbocycles. The van der Waals surface area contributed by atoms with Crippen LogP contribution in [0, 0.1) is 17.5 Å². The van der Waals surface area contributed by atoms with Crippen molar-refractivity contribution in [1.82, 2.24) is 25.3 Å². The molecule has 0 aliphatic carbocycles. The second kappa shape index (κ2) is 16.0. The van der Waals surface area contributed by atoms with Crippen LogP contribution in [0.1, 0.15) is 40.4 Å². The molecule has 0 radical (unpaired) electrons. The normalized spacial score (nSPS) is 17.7. The first kappa shape index (κ1) is 40.3. The number of phenols is 3. The number of phenolic OH excluding ortho intramolecular Hbond substituents is 3. The van der Waals surface area contributed by atoms with Gasteiger partial charge in [-0.25, -0.2) is 27.6 Å². The number of carbonyl (C=O) groups excluding carboxylic acids is 5. The number of likely N-dealkylation sites (tertiary alicyclic amines) is 1. The van der Waals surface area contributed by atoms with Gasteiger partial charge in [0.2, 0.25) is 5.91 Å². The Morgan fingerprint density at radius 1 is 0.912 bits per heavy atom. The predicted octanol–water partition coefficient (Wildman–Crippen LogP) is 1.83. The first-order chi connectivity index (χ1) is 27.0. The van der Waals surface area contributed by atoms with Gasteiger partial charge in [-0.2, -0.15) is 0 Å². The first-order valence-corrected chi connectivity index (χ1v) is 17.4. The van der Waals surface area contributed by atoms with E-state index in [0.29, 0.717) is 11.0 Å². The standard InChI is InChI=1S/C34H31BClF3N6O12/c36-23-16(13-18(38)26(47)27(23)48)25(29(49)41-21-12-14-4-5-17(37)22(32(52)53)28(14)57-35(21)56)42-34(55)45-11-10-44(30(50)31(45)51)15-6-8-43(9-7-15)33(54)40-19-2-1-3-20(46)24(19)39/h1-5,13,15,21,25,46-48,56H,6-12H2,(H,40,54)(H,41,49)(H,42,55)(H,52,53)/t21-,25?/m0/s1. The average Bonchev–Trinajstić information content (AvgIpc) is 3.17. The minimum absolute atomic E-state index is 0.0518. The van der Waals surface area contributed by atoms with Crippen molar-refractivity contribution in [3.05, 3.63) is 75.6 Å². The highest BCUT2D eigenvalue weighted by Crippen LogP contribution is 2.41. The molecule has 3 heterocycles. The zero-order valence-electron chi connectivity index (χ0n) is 29.2. The number of aromatic hydroxyl groups is 3. The number of fused-ring (bicyclic) bond motifs is 1. The summed E-state index contributed by atoms with van der Waals surface area (Å²) in [6.07, 6.45) is 0.0538. The fourth-order valence-corrected chi connectivity index (χ4v) is 6.98. The van der Waals surface area contributed by atoms with Crippen molar-refractivity contribution in [2.24, 2.45) is 0 Å². The Morgan fingerprint density at radius 2 is 1.61 bits per heavy atom. The van der Waals surface area contributed by atoms with Crippen LogP contribution in [-0.4, -0.2) is 121 Å². The molecule has 0 aromatic heterocycles. The fraction of sp³-hybridized carbons (Fsp3) is 0.294. The third-order valence-electron chi connectivity index (χ3n) is 9.70. The van der Waals surface area contributed by atoms with E-state index in [4.69, 9.17) is 16.3 Å². The summed E-state index contributed by atoms with van der Waals surface area (Å²) in [5, 5.41) is 55.8. The quantitative estimate of drug-likeness (QED) is 0.0966. The number of nitrogens with zero attached hydrogens (tertiary/aromatic N) is 3. The number of piperazine rings is 1. The van der Waals surface area contributed by atoms with Gasteiger partial charge >= 0.3 is 37.0 Å². The molecule has 1 unspecified atom stereocenters. The zero-order chi connectivity index (χ0) is 41.5. The SMILES string of the molecule is O=C(O)c1c(F)ccc2c1OB(O)[C@@H](NC(=O)C(NC(=O)N1CCN(C3CCN(C(=O)Nc4cccc(O)c4F)CC3)C(=O)C1=O)c1cc(F)c(O)c(O)c1Cl)C2. The summed E-state index contributed by atoms with van der Waals surface area (Å²) in [5.74, 6) is -14.1. The number of rotatable bonds is 7. The third kappa shape index (κ3) is 7.85. The molecule has 300 valence electrons. The molecule has 18 nitrogen and oxygen atoms in total. The highest BCUT2D eigenvalue weighted by atomic mass is 35.5. The molecule has 7 amide bonds. The van der Waals surface area contributed by atoms with Crippen LogP contribution in [-0.2, 0) is 20.8 Å². The number of hydrogen-bond donors (Lipinski definition) is 8. The number of carboxylic acids is 1. The van der Waals surface area contributed by atoms with Gasteiger partial charge in [-0.15, -0.1) is 0 Å². The number of nitrogens with one attached hydrogen (secondary N) is 3. The van der Waals surface area contributed by atoms with E-state index in [9.17, 15) is 67.4 Å². The van der Waals surface area contributed by atoms with Crippen molar-refractivity contribution in [3.63, 3.8) is 0 Å². The topological polar surface area (TPSA) is 259 Å². The van der Waals surface area contributed by atoms with Gasteiger partial charge in [-0.05, 0) is 49.1 Å². The molecular weight excluding hydrogens is 788 g/mol. The first-order valence-electron chi connectivity index (χ1n) is 17.0. The van der Waals surface area contributed by atoms with Crippen molar-refractivity contribution < 1.29 is 72.0 Å². The number of piperidine rings is 1. The lowest BCUT2D eigenvalue weighted by Crippen LogP contribution is -2.62. The summed E-state index contributed by atoms with van der Waals surface area (Å²) >= 11 is 6.15. The van der Waals surface area contributed by atoms with E-state index in [1.165, 1.54) is 21.9 Å². The fourth-order valence-electron chi connectivity index (χ4n) is 6.73. The summed E-state index contributed by atoms with van der Waals surface area (Å²) < 4.78 is 48.3.